The number of nitrogens with one attached hydrogen (secondary N) is 1. The number of hydrogen-bond acceptors (Lipinski definition) is 8. The number of ketones is 1. The molecular weight excluding hydrogens is 639 g/mol. The number of ether oxygens (including phenoxy) is 1. The van der Waals surface area contributed by atoms with Crippen molar-refractivity contribution >= 4 is 49.2 Å². The second-order valence-corrected chi connectivity index (χ2v) is 14.0. The molecule has 246 valence electrons. The van der Waals surface area contributed by atoms with Gasteiger partial charge in [-0.2, -0.15) is 5.10 Å². The highest BCUT2D eigenvalue weighted by Crippen LogP contribution is 2.33. The van der Waals surface area contributed by atoms with Crippen molar-refractivity contribution in [2.75, 3.05) is 36.9 Å². The summed E-state index contributed by atoms with van der Waals surface area (Å²) in [4.78, 5) is 24.4. The van der Waals surface area contributed by atoms with Crippen LogP contribution >= 0.6 is 0 Å². The number of morpholine rings is 1. The summed E-state index contributed by atoms with van der Waals surface area (Å²) in [6, 6.07) is 27.5. The van der Waals surface area contributed by atoms with Crippen LogP contribution in [-0.4, -0.2) is 64.2 Å². The molecule has 4 heterocycles. The fraction of sp³-hybridized carbons (Fsp3) is 0.162. The third-order valence-electron chi connectivity index (χ3n) is 9.01. The first kappa shape index (κ1) is 30.6. The van der Waals surface area contributed by atoms with Crippen LogP contribution in [0.2, 0.25) is 0 Å². The standard InChI is InChI=1S/C37H33N7O4S/c1-23-3-12-30(13-4-23)49(46,47)44-34-19-26(25-7-9-28(10-8-25)42-15-17-48-18-16-42)5-6-27(34)20-35(44)36(45)31-22-39-43(37(31)38)29-11-14-32-33(21-29)41-24(2)40-32/h3-14,19-22H,15-18,38H2,1-2H3,(H,40,41). The minimum absolute atomic E-state index is 0.0416. The smallest absolute Gasteiger partial charge is 0.268 e. The second-order valence-electron chi connectivity index (χ2n) is 12.2. The molecule has 3 aromatic heterocycles. The Morgan fingerprint density at radius 2 is 1.57 bits per heavy atom. The number of fused-ring (bicyclic) bond motifs is 2. The molecule has 0 unspecified atom stereocenters. The Morgan fingerprint density at radius 1 is 0.857 bits per heavy atom. The molecule has 8 rings (SSSR count). The van der Waals surface area contributed by atoms with Crippen LogP contribution < -0.4 is 10.6 Å². The van der Waals surface area contributed by atoms with Gasteiger partial charge in [0.05, 0.1) is 52.1 Å². The summed E-state index contributed by atoms with van der Waals surface area (Å²) < 4.78 is 36.9. The Kier molecular flexibility index (Phi) is 7.34. The van der Waals surface area contributed by atoms with Crippen molar-refractivity contribution in [3.05, 3.63) is 120 Å². The molecule has 1 aliphatic rings. The molecule has 1 saturated heterocycles. The van der Waals surface area contributed by atoms with Gasteiger partial charge >= 0.3 is 0 Å². The molecule has 7 aromatic rings. The average molecular weight is 672 g/mol. The van der Waals surface area contributed by atoms with Crippen LogP contribution in [0, 0.1) is 13.8 Å². The zero-order chi connectivity index (χ0) is 33.9. The number of nitrogens with zero attached hydrogens (tertiary/aromatic N) is 5. The maximum absolute atomic E-state index is 14.4. The number of hydrogen-bond donors (Lipinski definition) is 2. The van der Waals surface area contributed by atoms with Crippen LogP contribution in [0.5, 0.6) is 0 Å². The minimum atomic E-state index is -4.23. The summed E-state index contributed by atoms with van der Waals surface area (Å²) in [6.45, 7) is 6.80. The van der Waals surface area contributed by atoms with Gasteiger partial charge in [-0.3, -0.25) is 4.79 Å². The Bertz CT molecular complexity index is 2490. The lowest BCUT2D eigenvalue weighted by atomic mass is 10.0. The number of nitrogens with two attached hydrogens (primary N) is 1. The van der Waals surface area contributed by atoms with Gasteiger partial charge in [-0.1, -0.05) is 42.0 Å². The van der Waals surface area contributed by atoms with Crippen LogP contribution in [0.3, 0.4) is 0 Å². The van der Waals surface area contributed by atoms with Gasteiger partial charge in [0.1, 0.15) is 17.3 Å². The Balaban J connectivity index is 1.24. The van der Waals surface area contributed by atoms with Crippen molar-refractivity contribution in [3.8, 4) is 16.8 Å². The predicted molar refractivity (Wildman–Crippen MR) is 190 cm³/mol. The van der Waals surface area contributed by atoms with E-state index in [0.717, 1.165) is 56.3 Å². The molecule has 1 fully saturated rings. The fourth-order valence-electron chi connectivity index (χ4n) is 6.41. The molecule has 1 aliphatic heterocycles. The summed E-state index contributed by atoms with van der Waals surface area (Å²) in [5, 5.41) is 5.01. The van der Waals surface area contributed by atoms with E-state index >= 15 is 0 Å². The van der Waals surface area contributed by atoms with E-state index in [4.69, 9.17) is 10.5 Å². The fourth-order valence-corrected chi connectivity index (χ4v) is 7.91. The number of benzene rings is 4. The lowest BCUT2D eigenvalue weighted by Gasteiger charge is -2.28. The number of nitrogen functional groups attached to an aromatic ring is 1. The first-order valence-electron chi connectivity index (χ1n) is 15.9. The monoisotopic (exact) mass is 671 g/mol. The number of anilines is 2. The number of aryl methyl sites for hydroxylation is 2. The molecule has 49 heavy (non-hydrogen) atoms. The highest BCUT2D eigenvalue weighted by molar-refractivity contribution is 7.90. The van der Waals surface area contributed by atoms with Gasteiger partial charge in [-0.25, -0.2) is 22.1 Å². The highest BCUT2D eigenvalue weighted by atomic mass is 32.2. The van der Waals surface area contributed by atoms with Gasteiger partial charge in [0, 0.05) is 24.2 Å². The molecule has 0 bridgehead atoms. The molecule has 0 radical (unpaired) electrons. The summed E-state index contributed by atoms with van der Waals surface area (Å²) in [6.07, 6.45) is 1.37. The zero-order valence-corrected chi connectivity index (χ0v) is 27.7. The molecule has 0 amide bonds. The summed E-state index contributed by atoms with van der Waals surface area (Å²) in [5.74, 6) is 0.290. The number of carbonyl (C=O) groups excluding carboxylic acids is 1. The van der Waals surface area contributed by atoms with E-state index in [9.17, 15) is 13.2 Å². The quantitative estimate of drug-likeness (QED) is 0.201. The van der Waals surface area contributed by atoms with Crippen LogP contribution in [0.4, 0.5) is 11.5 Å². The van der Waals surface area contributed by atoms with E-state index in [-0.39, 0.29) is 22.0 Å². The lowest BCUT2D eigenvalue weighted by Crippen LogP contribution is -2.36. The molecule has 11 nitrogen and oxygen atoms in total. The van der Waals surface area contributed by atoms with Gasteiger partial charge in [-0.05, 0) is 79.6 Å². The van der Waals surface area contributed by atoms with Crippen LogP contribution in [0.1, 0.15) is 27.4 Å². The molecule has 3 N–H and O–H groups in total. The molecule has 12 heteroatoms. The van der Waals surface area contributed by atoms with E-state index in [1.54, 1.807) is 30.3 Å². The first-order valence-corrected chi connectivity index (χ1v) is 17.4. The van der Waals surface area contributed by atoms with Gasteiger partial charge in [-0.15, -0.1) is 0 Å². The number of carbonyl (C=O) groups is 1. The van der Waals surface area contributed by atoms with Gasteiger partial charge in [0.25, 0.3) is 10.0 Å². The topological polar surface area (TPSA) is 141 Å². The third kappa shape index (κ3) is 5.35. The Morgan fingerprint density at radius 3 is 2.33 bits per heavy atom. The summed E-state index contributed by atoms with van der Waals surface area (Å²) in [5.41, 5.74) is 12.9. The van der Waals surface area contributed by atoms with E-state index in [2.05, 4.69) is 32.1 Å². The number of H-pyrrole nitrogens is 1. The number of aromatic amines is 1. The maximum Gasteiger partial charge on any atom is 0.268 e. The summed E-state index contributed by atoms with van der Waals surface area (Å²) >= 11 is 0. The van der Waals surface area contributed by atoms with E-state index in [0.29, 0.717) is 29.8 Å². The van der Waals surface area contributed by atoms with Crippen LogP contribution in [-0.2, 0) is 14.8 Å². The van der Waals surface area contributed by atoms with Gasteiger partial charge in [0.15, 0.2) is 0 Å². The van der Waals surface area contributed by atoms with Crippen molar-refractivity contribution in [3.63, 3.8) is 0 Å². The molecule has 4 aromatic carbocycles. The highest BCUT2D eigenvalue weighted by Gasteiger charge is 2.29. The number of aromatic nitrogens is 5. The normalized spacial score (nSPS) is 13.8. The molecule has 0 saturated carbocycles. The average Bonchev–Trinajstić information content (AvgIpc) is 3.82. The first-order chi connectivity index (χ1) is 23.7. The molecule has 0 aliphatic carbocycles. The summed E-state index contributed by atoms with van der Waals surface area (Å²) in [7, 11) is -4.23. The van der Waals surface area contributed by atoms with Crippen LogP contribution in [0.25, 0.3) is 38.8 Å². The SMILES string of the molecule is Cc1ccc(S(=O)(=O)n2c(C(=O)c3cnn(-c4ccc5[nH]c(C)nc5c4)c3N)cc3ccc(-c4ccc(N5CCOCC5)cc4)cc32)cc1. The van der Waals surface area contributed by atoms with Crippen molar-refractivity contribution in [1.29, 1.82) is 0 Å². The maximum atomic E-state index is 14.4. The van der Waals surface area contributed by atoms with Crippen molar-refractivity contribution < 1.29 is 17.9 Å². The third-order valence-corrected chi connectivity index (χ3v) is 10.8. The molecule has 0 atom stereocenters. The zero-order valence-electron chi connectivity index (χ0n) is 26.9. The van der Waals surface area contributed by atoms with Crippen LogP contribution in [0.15, 0.2) is 102 Å². The van der Waals surface area contributed by atoms with E-state index in [1.807, 2.05) is 62.4 Å². The van der Waals surface area contributed by atoms with E-state index < -0.39 is 15.8 Å². The number of rotatable bonds is 7. The number of imidazole rings is 1. The minimum Gasteiger partial charge on any atom is -0.383 e. The van der Waals surface area contributed by atoms with E-state index in [1.165, 1.54) is 10.9 Å². The largest absolute Gasteiger partial charge is 0.383 e. The van der Waals surface area contributed by atoms with Gasteiger partial charge in [0.2, 0.25) is 5.78 Å². The molecular formula is C37H33N7O4S. The van der Waals surface area contributed by atoms with Crippen molar-refractivity contribution in [2.45, 2.75) is 18.7 Å². The second kappa shape index (κ2) is 11.8. The van der Waals surface area contributed by atoms with Crippen molar-refractivity contribution in [2.24, 2.45) is 0 Å². The van der Waals surface area contributed by atoms with Crippen molar-refractivity contribution in [1.82, 2.24) is 23.7 Å². The Hall–Kier alpha value is -5.72. The lowest BCUT2D eigenvalue weighted by molar-refractivity contribution is 0.103. The molecule has 0 spiro atoms. The van der Waals surface area contributed by atoms with Gasteiger partial charge < -0.3 is 20.4 Å². The Labute approximate surface area is 282 Å². The predicted octanol–water partition coefficient (Wildman–Crippen LogP) is 5.87.